The molecule has 3 atom stereocenters. The van der Waals surface area contributed by atoms with E-state index in [4.69, 9.17) is 15.7 Å². The smallest absolute Gasteiger partial charge is 0.173 e. The summed E-state index contributed by atoms with van der Waals surface area (Å²) < 4.78 is 7.02. The van der Waals surface area contributed by atoms with Crippen molar-refractivity contribution in [3.63, 3.8) is 0 Å². The van der Waals surface area contributed by atoms with Gasteiger partial charge in [0.15, 0.2) is 5.84 Å². The molecule has 1 aliphatic carbocycles. The number of rotatable bonds is 3. The van der Waals surface area contributed by atoms with Gasteiger partial charge in [0.2, 0.25) is 0 Å². The van der Waals surface area contributed by atoms with Crippen molar-refractivity contribution < 1.29 is 9.94 Å². The lowest BCUT2D eigenvalue weighted by Gasteiger charge is -2.32. The van der Waals surface area contributed by atoms with Crippen molar-refractivity contribution in [3.8, 4) is 5.75 Å². The second-order valence-electron chi connectivity index (χ2n) is 5.63. The van der Waals surface area contributed by atoms with Gasteiger partial charge < -0.3 is 15.7 Å². The first kappa shape index (κ1) is 15.2. The van der Waals surface area contributed by atoms with Crippen LogP contribution in [0, 0.1) is 11.8 Å². The molecular formula is C15H21BrN2O2. The second-order valence-corrected chi connectivity index (χ2v) is 6.55. The van der Waals surface area contributed by atoms with Crippen LogP contribution in [0.1, 0.15) is 38.7 Å². The highest BCUT2D eigenvalue weighted by Gasteiger charge is 2.26. The van der Waals surface area contributed by atoms with Gasteiger partial charge in [0.1, 0.15) is 5.75 Å². The number of nitrogens with zero attached hydrogens (tertiary/aromatic N) is 1. The summed E-state index contributed by atoms with van der Waals surface area (Å²) in [5.41, 5.74) is 6.33. The van der Waals surface area contributed by atoms with E-state index in [1.54, 1.807) is 6.07 Å². The van der Waals surface area contributed by atoms with E-state index in [9.17, 15) is 0 Å². The molecule has 0 amide bonds. The fourth-order valence-corrected chi connectivity index (χ4v) is 2.98. The van der Waals surface area contributed by atoms with Crippen molar-refractivity contribution in [2.45, 2.75) is 39.2 Å². The van der Waals surface area contributed by atoms with Crippen LogP contribution in [0.25, 0.3) is 0 Å². The van der Waals surface area contributed by atoms with E-state index in [1.165, 1.54) is 6.42 Å². The standard InChI is InChI=1S/C15H21BrN2O2/c1-9-3-5-12(7-10(9)2)20-14-8-11(16)4-6-13(14)15(17)18-19/h4,6,8-10,12,19H,3,5,7H2,1-2H3,(H2,17,18). The summed E-state index contributed by atoms with van der Waals surface area (Å²) >= 11 is 3.43. The highest BCUT2D eigenvalue weighted by atomic mass is 79.9. The van der Waals surface area contributed by atoms with E-state index < -0.39 is 0 Å². The quantitative estimate of drug-likeness (QED) is 0.381. The molecule has 1 fully saturated rings. The predicted molar refractivity (Wildman–Crippen MR) is 83.2 cm³/mol. The third-order valence-electron chi connectivity index (χ3n) is 4.17. The summed E-state index contributed by atoms with van der Waals surface area (Å²) in [6.07, 6.45) is 3.47. The zero-order chi connectivity index (χ0) is 14.7. The minimum atomic E-state index is 0.0738. The topological polar surface area (TPSA) is 67.8 Å². The molecule has 2 rings (SSSR count). The highest BCUT2D eigenvalue weighted by molar-refractivity contribution is 9.10. The molecule has 1 aliphatic rings. The number of amidine groups is 1. The molecule has 3 N–H and O–H groups in total. The van der Waals surface area contributed by atoms with Crippen LogP contribution in [0.15, 0.2) is 27.8 Å². The Labute approximate surface area is 128 Å². The van der Waals surface area contributed by atoms with Gasteiger partial charge >= 0.3 is 0 Å². The van der Waals surface area contributed by atoms with Crippen LogP contribution in [-0.4, -0.2) is 17.1 Å². The third-order valence-corrected chi connectivity index (χ3v) is 4.66. The van der Waals surface area contributed by atoms with Crippen molar-refractivity contribution in [1.82, 2.24) is 0 Å². The molecule has 0 bridgehead atoms. The van der Waals surface area contributed by atoms with E-state index >= 15 is 0 Å². The first-order valence-corrected chi connectivity index (χ1v) is 7.74. The summed E-state index contributed by atoms with van der Waals surface area (Å²) in [6.45, 7) is 4.56. The predicted octanol–water partition coefficient (Wildman–Crippen LogP) is 3.75. The summed E-state index contributed by atoms with van der Waals surface area (Å²) in [5.74, 6) is 2.15. The second kappa shape index (κ2) is 6.48. The van der Waals surface area contributed by atoms with Gasteiger partial charge in [-0.15, -0.1) is 0 Å². The van der Waals surface area contributed by atoms with Crippen molar-refractivity contribution in [1.29, 1.82) is 0 Å². The van der Waals surface area contributed by atoms with Crippen molar-refractivity contribution in [3.05, 3.63) is 28.2 Å². The maximum atomic E-state index is 8.86. The number of hydrogen-bond donors (Lipinski definition) is 2. The van der Waals surface area contributed by atoms with Crippen LogP contribution in [0.4, 0.5) is 0 Å². The van der Waals surface area contributed by atoms with Crippen LogP contribution in [0.3, 0.4) is 0 Å². The van der Waals surface area contributed by atoms with E-state index in [0.717, 1.165) is 23.2 Å². The molecule has 0 saturated heterocycles. The monoisotopic (exact) mass is 340 g/mol. The SMILES string of the molecule is CC1CCC(Oc2cc(Br)ccc2/C(N)=N/O)CC1C. The summed E-state index contributed by atoms with van der Waals surface area (Å²) in [7, 11) is 0. The number of oxime groups is 1. The van der Waals surface area contributed by atoms with Crippen molar-refractivity contribution >= 4 is 21.8 Å². The Bertz CT molecular complexity index is 505. The molecule has 0 heterocycles. The minimum Gasteiger partial charge on any atom is -0.490 e. The Balaban J connectivity index is 2.18. The molecule has 1 aromatic rings. The Morgan fingerprint density at radius 1 is 1.35 bits per heavy atom. The lowest BCUT2D eigenvalue weighted by atomic mass is 9.80. The Hall–Kier alpha value is -1.23. The van der Waals surface area contributed by atoms with Crippen LogP contribution in [0.2, 0.25) is 0 Å². The number of halogens is 1. The molecule has 1 saturated carbocycles. The lowest BCUT2D eigenvalue weighted by Crippen LogP contribution is -2.29. The average molecular weight is 341 g/mol. The van der Waals surface area contributed by atoms with Crippen LogP contribution in [-0.2, 0) is 0 Å². The molecule has 1 aromatic carbocycles. The molecular weight excluding hydrogens is 320 g/mol. The van der Waals surface area contributed by atoms with E-state index in [2.05, 4.69) is 34.9 Å². The molecule has 4 nitrogen and oxygen atoms in total. The largest absolute Gasteiger partial charge is 0.490 e. The maximum Gasteiger partial charge on any atom is 0.173 e. The zero-order valence-electron chi connectivity index (χ0n) is 11.8. The Kier molecular flexibility index (Phi) is 4.91. The van der Waals surface area contributed by atoms with E-state index in [1.807, 2.05) is 12.1 Å². The molecule has 0 spiro atoms. The first-order chi connectivity index (χ1) is 9.51. The lowest BCUT2D eigenvalue weighted by molar-refractivity contribution is 0.100. The van der Waals surface area contributed by atoms with Gasteiger partial charge in [-0.2, -0.15) is 0 Å². The molecule has 0 aromatic heterocycles. The van der Waals surface area contributed by atoms with Crippen LogP contribution >= 0.6 is 15.9 Å². The third kappa shape index (κ3) is 3.45. The summed E-state index contributed by atoms with van der Waals surface area (Å²) in [6, 6.07) is 5.52. The van der Waals surface area contributed by atoms with Gasteiger partial charge in [-0.3, -0.25) is 0 Å². The van der Waals surface area contributed by atoms with Gasteiger partial charge in [-0.05, 0) is 49.3 Å². The molecule has 3 unspecified atom stereocenters. The number of nitrogens with two attached hydrogens (primary N) is 1. The summed E-state index contributed by atoms with van der Waals surface area (Å²) in [4.78, 5) is 0. The summed E-state index contributed by atoms with van der Waals surface area (Å²) in [5, 5.41) is 11.9. The molecule has 110 valence electrons. The number of ether oxygens (including phenoxy) is 1. The van der Waals surface area contributed by atoms with Crippen LogP contribution < -0.4 is 10.5 Å². The number of hydrogen-bond acceptors (Lipinski definition) is 3. The van der Waals surface area contributed by atoms with E-state index in [0.29, 0.717) is 17.2 Å². The van der Waals surface area contributed by atoms with E-state index in [-0.39, 0.29) is 11.9 Å². The fraction of sp³-hybridized carbons (Fsp3) is 0.533. The van der Waals surface area contributed by atoms with Gasteiger partial charge in [0.25, 0.3) is 0 Å². The van der Waals surface area contributed by atoms with Crippen molar-refractivity contribution in [2.24, 2.45) is 22.7 Å². The Morgan fingerprint density at radius 3 is 2.75 bits per heavy atom. The van der Waals surface area contributed by atoms with Gasteiger partial charge in [-0.25, -0.2) is 0 Å². The highest BCUT2D eigenvalue weighted by Crippen LogP contribution is 2.33. The fourth-order valence-electron chi connectivity index (χ4n) is 2.64. The average Bonchev–Trinajstić information content (AvgIpc) is 2.42. The van der Waals surface area contributed by atoms with Gasteiger partial charge in [-0.1, -0.05) is 34.9 Å². The molecule has 20 heavy (non-hydrogen) atoms. The zero-order valence-corrected chi connectivity index (χ0v) is 13.4. The van der Waals surface area contributed by atoms with Crippen LogP contribution in [0.5, 0.6) is 5.75 Å². The molecule has 5 heteroatoms. The number of benzene rings is 1. The van der Waals surface area contributed by atoms with Crippen molar-refractivity contribution in [2.75, 3.05) is 0 Å². The van der Waals surface area contributed by atoms with Gasteiger partial charge in [0.05, 0.1) is 11.7 Å². The normalized spacial score (nSPS) is 27.4. The minimum absolute atomic E-state index is 0.0738. The molecule has 0 radical (unpaired) electrons. The Morgan fingerprint density at radius 2 is 2.10 bits per heavy atom. The maximum absolute atomic E-state index is 8.86. The first-order valence-electron chi connectivity index (χ1n) is 6.95. The van der Waals surface area contributed by atoms with Gasteiger partial charge in [0, 0.05) is 4.47 Å². The molecule has 0 aliphatic heterocycles.